The van der Waals surface area contributed by atoms with Crippen LogP contribution in [0, 0.1) is 20.8 Å². The van der Waals surface area contributed by atoms with E-state index in [1.807, 2.05) is 25.1 Å². The molecule has 1 N–H and O–H groups in total. The Hall–Kier alpha value is -2.27. The Morgan fingerprint density at radius 3 is 2.71 bits per heavy atom. The van der Waals surface area contributed by atoms with Crippen molar-refractivity contribution in [1.29, 1.82) is 0 Å². The summed E-state index contributed by atoms with van der Waals surface area (Å²) >= 11 is 3.56. The summed E-state index contributed by atoms with van der Waals surface area (Å²) in [6.07, 6.45) is 1.53. The molecular weight excluding hydrogens is 418 g/mol. The van der Waals surface area contributed by atoms with Crippen molar-refractivity contribution in [2.75, 3.05) is 13.2 Å². The number of para-hydroxylation sites is 1. The van der Waals surface area contributed by atoms with Crippen LogP contribution < -0.4 is 4.74 Å². The summed E-state index contributed by atoms with van der Waals surface area (Å²) in [6.45, 7) is 9.02. The number of hydrogen-bond donors (Lipinski definition) is 1. The zero-order chi connectivity index (χ0) is 20.3. The van der Waals surface area contributed by atoms with Crippen LogP contribution in [0.5, 0.6) is 5.75 Å². The van der Waals surface area contributed by atoms with E-state index >= 15 is 0 Å². The predicted molar refractivity (Wildman–Crippen MR) is 116 cm³/mol. The SMILES string of the molecule is CCOC(=O)c1[nH]c2c(Br)cccc2c1CCCOc1cc(C)cc(C)c1C. The first-order chi connectivity index (χ1) is 13.4. The van der Waals surface area contributed by atoms with E-state index in [0.717, 1.165) is 39.5 Å². The number of fused-ring (bicyclic) bond motifs is 1. The number of esters is 1. The normalized spacial score (nSPS) is 11.0. The van der Waals surface area contributed by atoms with Gasteiger partial charge in [0.2, 0.25) is 0 Å². The van der Waals surface area contributed by atoms with Gasteiger partial charge in [0.1, 0.15) is 11.4 Å². The highest BCUT2D eigenvalue weighted by atomic mass is 79.9. The van der Waals surface area contributed by atoms with E-state index in [4.69, 9.17) is 9.47 Å². The molecule has 0 atom stereocenters. The van der Waals surface area contributed by atoms with E-state index in [1.54, 1.807) is 0 Å². The number of carbonyl (C=O) groups is 1. The van der Waals surface area contributed by atoms with Crippen LogP contribution in [-0.4, -0.2) is 24.2 Å². The molecule has 0 saturated carbocycles. The average molecular weight is 444 g/mol. The third-order valence-electron chi connectivity index (χ3n) is 4.96. The number of rotatable bonds is 7. The van der Waals surface area contributed by atoms with Crippen LogP contribution in [0.3, 0.4) is 0 Å². The molecule has 0 saturated heterocycles. The summed E-state index contributed by atoms with van der Waals surface area (Å²) in [5, 5.41) is 1.04. The van der Waals surface area contributed by atoms with Gasteiger partial charge in [0.05, 0.1) is 18.7 Å². The molecule has 148 valence electrons. The van der Waals surface area contributed by atoms with Gasteiger partial charge in [0, 0.05) is 9.86 Å². The van der Waals surface area contributed by atoms with Crippen LogP contribution in [0.15, 0.2) is 34.8 Å². The quantitative estimate of drug-likeness (QED) is 0.357. The van der Waals surface area contributed by atoms with Crippen molar-refractivity contribution in [3.8, 4) is 5.75 Å². The van der Waals surface area contributed by atoms with E-state index in [-0.39, 0.29) is 5.97 Å². The van der Waals surface area contributed by atoms with Gasteiger partial charge >= 0.3 is 5.97 Å². The summed E-state index contributed by atoms with van der Waals surface area (Å²) in [5.41, 5.74) is 6.05. The highest BCUT2D eigenvalue weighted by molar-refractivity contribution is 9.10. The molecule has 3 aromatic rings. The lowest BCUT2D eigenvalue weighted by molar-refractivity contribution is 0.0519. The van der Waals surface area contributed by atoms with Gasteiger partial charge in [-0.3, -0.25) is 0 Å². The molecule has 0 aliphatic carbocycles. The number of nitrogens with one attached hydrogen (secondary N) is 1. The Bertz CT molecular complexity index is 1010. The van der Waals surface area contributed by atoms with Gasteiger partial charge in [-0.15, -0.1) is 0 Å². The van der Waals surface area contributed by atoms with E-state index in [1.165, 1.54) is 16.7 Å². The lowest BCUT2D eigenvalue weighted by Gasteiger charge is -2.12. The molecule has 2 aromatic carbocycles. The standard InChI is InChI=1S/C23H26BrNO3/c1-5-27-23(26)22-18(17-8-6-10-19(24)21(17)25-22)9-7-11-28-20-13-14(2)12-15(3)16(20)4/h6,8,10,12-13,25H,5,7,9,11H2,1-4H3. The first-order valence-corrected chi connectivity index (χ1v) is 10.4. The zero-order valence-corrected chi connectivity index (χ0v) is 18.4. The largest absolute Gasteiger partial charge is 0.493 e. The van der Waals surface area contributed by atoms with Crippen LogP contribution in [-0.2, 0) is 11.2 Å². The fourth-order valence-corrected chi connectivity index (χ4v) is 3.92. The smallest absolute Gasteiger partial charge is 0.355 e. The van der Waals surface area contributed by atoms with Gasteiger partial charge in [0.15, 0.2) is 0 Å². The maximum atomic E-state index is 12.4. The second-order valence-corrected chi connectivity index (χ2v) is 7.87. The fraction of sp³-hybridized carbons (Fsp3) is 0.348. The van der Waals surface area contributed by atoms with Gasteiger partial charge in [-0.25, -0.2) is 4.79 Å². The number of aryl methyl sites for hydroxylation is 3. The number of ether oxygens (including phenoxy) is 2. The Balaban J connectivity index is 1.78. The molecule has 0 radical (unpaired) electrons. The molecule has 0 aliphatic heterocycles. The number of aromatic amines is 1. The Labute approximate surface area is 174 Å². The topological polar surface area (TPSA) is 51.3 Å². The summed E-state index contributed by atoms with van der Waals surface area (Å²) in [7, 11) is 0. The van der Waals surface area contributed by atoms with Crippen molar-refractivity contribution in [2.45, 2.75) is 40.5 Å². The molecule has 5 heteroatoms. The van der Waals surface area contributed by atoms with Gasteiger partial charge in [-0.05, 0) is 90.9 Å². The third-order valence-corrected chi connectivity index (χ3v) is 5.62. The number of H-pyrrole nitrogens is 1. The molecule has 1 heterocycles. The van der Waals surface area contributed by atoms with Crippen molar-refractivity contribution < 1.29 is 14.3 Å². The maximum absolute atomic E-state index is 12.4. The maximum Gasteiger partial charge on any atom is 0.355 e. The average Bonchev–Trinajstić information content (AvgIpc) is 3.03. The lowest BCUT2D eigenvalue weighted by Crippen LogP contribution is -2.09. The number of hydrogen-bond acceptors (Lipinski definition) is 3. The highest BCUT2D eigenvalue weighted by Gasteiger charge is 2.19. The molecule has 0 fully saturated rings. The minimum Gasteiger partial charge on any atom is -0.493 e. The molecule has 0 spiro atoms. The molecule has 4 nitrogen and oxygen atoms in total. The van der Waals surface area contributed by atoms with Crippen LogP contribution in [0.4, 0.5) is 0 Å². The predicted octanol–water partition coefficient (Wildman–Crippen LogP) is 6.04. The fourth-order valence-electron chi connectivity index (χ4n) is 3.46. The molecule has 0 aliphatic rings. The summed E-state index contributed by atoms with van der Waals surface area (Å²) in [6, 6.07) is 10.2. The van der Waals surface area contributed by atoms with Crippen LogP contribution in [0.1, 0.15) is 46.1 Å². The summed E-state index contributed by atoms with van der Waals surface area (Å²) in [5.74, 6) is 0.622. The molecule has 0 bridgehead atoms. The Kier molecular flexibility index (Phi) is 6.45. The van der Waals surface area contributed by atoms with Gasteiger partial charge in [-0.2, -0.15) is 0 Å². The van der Waals surface area contributed by atoms with Crippen molar-refractivity contribution in [3.05, 3.63) is 62.8 Å². The number of halogens is 1. The minimum atomic E-state index is -0.313. The minimum absolute atomic E-state index is 0.313. The molecule has 0 amide bonds. The molecule has 1 aromatic heterocycles. The van der Waals surface area contributed by atoms with E-state index < -0.39 is 0 Å². The Morgan fingerprint density at radius 2 is 1.96 bits per heavy atom. The van der Waals surface area contributed by atoms with Crippen molar-refractivity contribution in [2.24, 2.45) is 0 Å². The van der Waals surface area contributed by atoms with E-state index in [9.17, 15) is 4.79 Å². The van der Waals surface area contributed by atoms with Crippen LogP contribution in [0.2, 0.25) is 0 Å². The van der Waals surface area contributed by atoms with E-state index in [0.29, 0.717) is 18.9 Å². The van der Waals surface area contributed by atoms with Crippen LogP contribution >= 0.6 is 15.9 Å². The number of carbonyl (C=O) groups excluding carboxylic acids is 1. The van der Waals surface area contributed by atoms with Crippen molar-refractivity contribution >= 4 is 32.8 Å². The van der Waals surface area contributed by atoms with Gasteiger partial charge < -0.3 is 14.5 Å². The first-order valence-electron chi connectivity index (χ1n) is 9.59. The lowest BCUT2D eigenvalue weighted by atomic mass is 10.0. The first kappa shape index (κ1) is 20.5. The zero-order valence-electron chi connectivity index (χ0n) is 16.8. The third kappa shape index (κ3) is 4.25. The second-order valence-electron chi connectivity index (χ2n) is 7.02. The van der Waals surface area contributed by atoms with Crippen LogP contribution in [0.25, 0.3) is 10.9 Å². The molecular formula is C23H26BrNO3. The molecule has 28 heavy (non-hydrogen) atoms. The number of aromatic nitrogens is 1. The Morgan fingerprint density at radius 1 is 1.18 bits per heavy atom. The van der Waals surface area contributed by atoms with Crippen molar-refractivity contribution in [1.82, 2.24) is 4.98 Å². The number of benzene rings is 2. The van der Waals surface area contributed by atoms with Gasteiger partial charge in [-0.1, -0.05) is 18.2 Å². The summed E-state index contributed by atoms with van der Waals surface area (Å²) in [4.78, 5) is 15.7. The molecule has 3 rings (SSSR count). The van der Waals surface area contributed by atoms with Crippen molar-refractivity contribution in [3.63, 3.8) is 0 Å². The second kappa shape index (κ2) is 8.82. The highest BCUT2D eigenvalue weighted by Crippen LogP contribution is 2.30. The monoisotopic (exact) mass is 443 g/mol. The summed E-state index contributed by atoms with van der Waals surface area (Å²) < 4.78 is 12.2. The van der Waals surface area contributed by atoms with Gasteiger partial charge in [0.25, 0.3) is 0 Å². The molecule has 0 unspecified atom stereocenters. The van der Waals surface area contributed by atoms with E-state index in [2.05, 4.69) is 53.8 Å².